The Hall–Kier alpha value is -1.84. The van der Waals surface area contributed by atoms with Crippen LogP contribution in [0.25, 0.3) is 0 Å². The minimum Gasteiger partial charge on any atom is -0.481 e. The van der Waals surface area contributed by atoms with Crippen molar-refractivity contribution in [2.24, 2.45) is 11.8 Å². The Balaban J connectivity index is 2.57. The molecule has 1 amide bonds. The summed E-state index contributed by atoms with van der Waals surface area (Å²) in [6.45, 7) is 6.07. The monoisotopic (exact) mass is 277 g/mol. The minimum absolute atomic E-state index is 0.0875. The van der Waals surface area contributed by atoms with Crippen molar-refractivity contribution >= 4 is 11.9 Å². The summed E-state index contributed by atoms with van der Waals surface area (Å²) in [5, 5.41) is 12.0. The predicted molar refractivity (Wildman–Crippen MR) is 78.5 cm³/mol. The third-order valence-electron chi connectivity index (χ3n) is 3.05. The molecule has 110 valence electrons. The number of nitrogens with one attached hydrogen (secondary N) is 1. The number of carbonyl (C=O) groups is 2. The summed E-state index contributed by atoms with van der Waals surface area (Å²) >= 11 is 0. The number of carboxylic acids is 1. The molecule has 0 aliphatic carbocycles. The summed E-state index contributed by atoms with van der Waals surface area (Å²) in [5.41, 5.74) is 2.09. The number of rotatable bonds is 7. The van der Waals surface area contributed by atoms with Crippen molar-refractivity contribution in [3.05, 3.63) is 35.4 Å². The Labute approximate surface area is 120 Å². The number of benzene rings is 1. The number of hydrogen-bond acceptors (Lipinski definition) is 2. The Kier molecular flexibility index (Phi) is 6.22. The average Bonchev–Trinajstić information content (AvgIpc) is 2.33. The molecular formula is C16H23NO3. The van der Waals surface area contributed by atoms with E-state index in [1.54, 1.807) is 0 Å². The SMILES string of the molecule is Cc1cccc(CC(CNC(=O)CC(C)C)C(=O)O)c1. The molecule has 0 bridgehead atoms. The summed E-state index contributed by atoms with van der Waals surface area (Å²) in [4.78, 5) is 22.9. The Morgan fingerprint density at radius 3 is 2.55 bits per heavy atom. The number of amides is 1. The third-order valence-corrected chi connectivity index (χ3v) is 3.05. The number of hydrogen-bond donors (Lipinski definition) is 2. The Morgan fingerprint density at radius 1 is 1.30 bits per heavy atom. The molecule has 1 atom stereocenters. The van der Waals surface area contributed by atoms with E-state index in [4.69, 9.17) is 0 Å². The van der Waals surface area contributed by atoms with Gasteiger partial charge in [-0.15, -0.1) is 0 Å². The van der Waals surface area contributed by atoms with Crippen molar-refractivity contribution in [2.75, 3.05) is 6.54 Å². The molecule has 4 nitrogen and oxygen atoms in total. The van der Waals surface area contributed by atoms with Gasteiger partial charge >= 0.3 is 5.97 Å². The van der Waals surface area contributed by atoms with E-state index in [0.717, 1.165) is 11.1 Å². The maximum Gasteiger partial charge on any atom is 0.308 e. The molecule has 0 spiro atoms. The highest BCUT2D eigenvalue weighted by Gasteiger charge is 2.19. The molecule has 20 heavy (non-hydrogen) atoms. The highest BCUT2D eigenvalue weighted by molar-refractivity contribution is 5.77. The molecule has 0 aromatic heterocycles. The fourth-order valence-corrected chi connectivity index (χ4v) is 2.05. The van der Waals surface area contributed by atoms with Gasteiger partial charge in [0.05, 0.1) is 5.92 Å². The van der Waals surface area contributed by atoms with Crippen LogP contribution in [-0.4, -0.2) is 23.5 Å². The van der Waals surface area contributed by atoms with Gasteiger partial charge in [-0.1, -0.05) is 43.7 Å². The van der Waals surface area contributed by atoms with Crippen LogP contribution in [0, 0.1) is 18.8 Å². The summed E-state index contributed by atoms with van der Waals surface area (Å²) in [6, 6.07) is 7.79. The van der Waals surface area contributed by atoms with Gasteiger partial charge in [0, 0.05) is 13.0 Å². The topological polar surface area (TPSA) is 66.4 Å². The Morgan fingerprint density at radius 2 is 2.00 bits per heavy atom. The molecule has 1 unspecified atom stereocenters. The molecule has 0 saturated carbocycles. The molecule has 2 N–H and O–H groups in total. The van der Waals surface area contributed by atoms with Crippen LogP contribution in [0.15, 0.2) is 24.3 Å². The van der Waals surface area contributed by atoms with E-state index >= 15 is 0 Å². The zero-order valence-electron chi connectivity index (χ0n) is 12.3. The van der Waals surface area contributed by atoms with Crippen molar-refractivity contribution in [2.45, 2.75) is 33.6 Å². The van der Waals surface area contributed by atoms with Crippen LogP contribution < -0.4 is 5.32 Å². The lowest BCUT2D eigenvalue weighted by Gasteiger charge is -2.14. The van der Waals surface area contributed by atoms with E-state index in [-0.39, 0.29) is 18.4 Å². The zero-order chi connectivity index (χ0) is 15.1. The second kappa shape index (κ2) is 7.68. The van der Waals surface area contributed by atoms with E-state index in [1.165, 1.54) is 0 Å². The first-order valence-corrected chi connectivity index (χ1v) is 6.93. The largest absolute Gasteiger partial charge is 0.481 e. The molecule has 4 heteroatoms. The van der Waals surface area contributed by atoms with Crippen LogP contribution in [0.2, 0.25) is 0 Å². The molecule has 0 heterocycles. The van der Waals surface area contributed by atoms with Gasteiger partial charge in [0.1, 0.15) is 0 Å². The van der Waals surface area contributed by atoms with Crippen LogP contribution in [0.5, 0.6) is 0 Å². The Bertz CT molecular complexity index is 469. The van der Waals surface area contributed by atoms with Crippen LogP contribution in [0.1, 0.15) is 31.4 Å². The van der Waals surface area contributed by atoms with E-state index in [0.29, 0.717) is 12.8 Å². The highest BCUT2D eigenvalue weighted by Crippen LogP contribution is 2.11. The molecule has 0 fully saturated rings. The van der Waals surface area contributed by atoms with Crippen molar-refractivity contribution in [1.82, 2.24) is 5.32 Å². The summed E-state index contributed by atoms with van der Waals surface area (Å²) < 4.78 is 0. The second-order valence-electron chi connectivity index (χ2n) is 5.63. The van der Waals surface area contributed by atoms with Gasteiger partial charge in [0.25, 0.3) is 0 Å². The van der Waals surface area contributed by atoms with Gasteiger partial charge < -0.3 is 10.4 Å². The predicted octanol–water partition coefficient (Wildman–Crippen LogP) is 2.40. The van der Waals surface area contributed by atoms with Crippen molar-refractivity contribution in [3.63, 3.8) is 0 Å². The molecule has 0 aliphatic rings. The molecule has 0 radical (unpaired) electrons. The standard InChI is InChI=1S/C16H23NO3/c1-11(2)7-15(18)17-10-14(16(19)20)9-13-6-4-5-12(3)8-13/h4-6,8,11,14H,7,9-10H2,1-3H3,(H,17,18)(H,19,20). The van der Waals surface area contributed by atoms with Gasteiger partial charge in [0.2, 0.25) is 5.91 Å². The van der Waals surface area contributed by atoms with Crippen molar-refractivity contribution in [3.8, 4) is 0 Å². The van der Waals surface area contributed by atoms with Gasteiger partial charge in [-0.05, 0) is 24.8 Å². The zero-order valence-corrected chi connectivity index (χ0v) is 12.3. The summed E-state index contributed by atoms with van der Waals surface area (Å²) in [7, 11) is 0. The smallest absolute Gasteiger partial charge is 0.308 e. The number of aryl methyl sites for hydroxylation is 1. The molecule has 1 aromatic carbocycles. The van der Waals surface area contributed by atoms with E-state index < -0.39 is 11.9 Å². The lowest BCUT2D eigenvalue weighted by Crippen LogP contribution is -2.34. The summed E-state index contributed by atoms with van der Waals surface area (Å²) in [6.07, 6.45) is 0.857. The first kappa shape index (κ1) is 16.2. The molecule has 1 rings (SSSR count). The first-order valence-electron chi connectivity index (χ1n) is 6.93. The average molecular weight is 277 g/mol. The van der Waals surface area contributed by atoms with Crippen molar-refractivity contribution < 1.29 is 14.7 Å². The van der Waals surface area contributed by atoms with Gasteiger partial charge in [-0.3, -0.25) is 9.59 Å². The van der Waals surface area contributed by atoms with Crippen LogP contribution in [0.3, 0.4) is 0 Å². The quantitative estimate of drug-likeness (QED) is 0.804. The minimum atomic E-state index is -0.878. The lowest BCUT2D eigenvalue weighted by atomic mass is 9.98. The second-order valence-corrected chi connectivity index (χ2v) is 5.63. The molecule has 0 aliphatic heterocycles. The first-order chi connectivity index (χ1) is 9.38. The van der Waals surface area contributed by atoms with Crippen LogP contribution >= 0.6 is 0 Å². The van der Waals surface area contributed by atoms with Crippen molar-refractivity contribution in [1.29, 1.82) is 0 Å². The molecule has 0 saturated heterocycles. The summed E-state index contributed by atoms with van der Waals surface area (Å²) in [5.74, 6) is -1.28. The fourth-order valence-electron chi connectivity index (χ4n) is 2.05. The number of aliphatic carboxylic acids is 1. The normalized spacial score (nSPS) is 12.2. The van der Waals surface area contributed by atoms with E-state index in [1.807, 2.05) is 45.0 Å². The number of carboxylic acid groups (broad SMARTS) is 1. The van der Waals surface area contributed by atoms with Crippen LogP contribution in [0.4, 0.5) is 0 Å². The molecule has 1 aromatic rings. The fraction of sp³-hybridized carbons (Fsp3) is 0.500. The van der Waals surface area contributed by atoms with E-state index in [2.05, 4.69) is 5.32 Å². The highest BCUT2D eigenvalue weighted by atomic mass is 16.4. The number of carbonyl (C=O) groups excluding carboxylic acids is 1. The maximum absolute atomic E-state index is 11.6. The van der Waals surface area contributed by atoms with Gasteiger partial charge in [0.15, 0.2) is 0 Å². The van der Waals surface area contributed by atoms with Gasteiger partial charge in [-0.2, -0.15) is 0 Å². The lowest BCUT2D eigenvalue weighted by molar-refractivity contribution is -0.141. The van der Waals surface area contributed by atoms with Crippen LogP contribution in [-0.2, 0) is 16.0 Å². The van der Waals surface area contributed by atoms with E-state index in [9.17, 15) is 14.7 Å². The van der Waals surface area contributed by atoms with Gasteiger partial charge in [-0.25, -0.2) is 0 Å². The maximum atomic E-state index is 11.6. The third kappa shape index (κ3) is 5.87. The molecular weight excluding hydrogens is 254 g/mol.